The van der Waals surface area contributed by atoms with Crippen LogP contribution in [0.4, 0.5) is 0 Å². The molecule has 0 saturated carbocycles. The van der Waals surface area contributed by atoms with Crippen LogP contribution in [0, 0.1) is 6.92 Å². The van der Waals surface area contributed by atoms with Crippen LogP contribution in [0.2, 0.25) is 0 Å². The molecule has 6 heteroatoms. The van der Waals surface area contributed by atoms with Gasteiger partial charge in [-0.15, -0.1) is 0 Å². The number of phenols is 1. The summed E-state index contributed by atoms with van der Waals surface area (Å²) in [4.78, 5) is 17.3. The van der Waals surface area contributed by atoms with E-state index >= 15 is 0 Å². The van der Waals surface area contributed by atoms with Gasteiger partial charge in [-0.3, -0.25) is 4.52 Å². The van der Waals surface area contributed by atoms with Crippen LogP contribution < -0.4 is 0 Å². The van der Waals surface area contributed by atoms with Crippen LogP contribution in [0.25, 0.3) is 0 Å². The summed E-state index contributed by atoms with van der Waals surface area (Å²) in [7, 11) is -4.48. The number of benzene rings is 1. The van der Waals surface area contributed by atoms with Crippen molar-refractivity contribution in [1.29, 1.82) is 0 Å². The van der Waals surface area contributed by atoms with Crippen molar-refractivity contribution in [2.75, 3.05) is 0 Å². The summed E-state index contributed by atoms with van der Waals surface area (Å²) >= 11 is 0. The van der Waals surface area contributed by atoms with Gasteiger partial charge in [-0.25, -0.2) is 4.57 Å². The number of aryl methyl sites for hydroxylation is 1. The molecule has 0 aliphatic carbocycles. The molecule has 3 N–H and O–H groups in total. The third-order valence-corrected chi connectivity index (χ3v) is 3.03. The highest BCUT2D eigenvalue weighted by molar-refractivity contribution is 7.46. The van der Waals surface area contributed by atoms with Gasteiger partial charge in [0.2, 0.25) is 0 Å². The van der Waals surface area contributed by atoms with E-state index in [0.29, 0.717) is 11.1 Å². The van der Waals surface area contributed by atoms with Gasteiger partial charge in [0.1, 0.15) is 5.75 Å². The van der Waals surface area contributed by atoms with Crippen LogP contribution in [-0.2, 0) is 21.1 Å². The molecule has 102 valence electrons. The van der Waals surface area contributed by atoms with Crippen LogP contribution >= 0.6 is 7.82 Å². The molecule has 0 amide bonds. The molecule has 0 heterocycles. The Kier molecular flexibility index (Phi) is 4.23. The van der Waals surface area contributed by atoms with Crippen molar-refractivity contribution in [3.05, 3.63) is 28.8 Å². The first-order valence-electron chi connectivity index (χ1n) is 5.54. The second-order valence-electron chi connectivity index (χ2n) is 5.32. The Morgan fingerprint density at radius 1 is 1.28 bits per heavy atom. The van der Waals surface area contributed by atoms with E-state index in [9.17, 15) is 9.67 Å². The van der Waals surface area contributed by atoms with E-state index < -0.39 is 7.82 Å². The van der Waals surface area contributed by atoms with E-state index in [1.807, 2.05) is 20.8 Å². The summed E-state index contributed by atoms with van der Waals surface area (Å²) in [5, 5.41) is 9.99. The molecule has 0 unspecified atom stereocenters. The fourth-order valence-electron chi connectivity index (χ4n) is 1.67. The molecular weight excluding hydrogens is 255 g/mol. The van der Waals surface area contributed by atoms with Gasteiger partial charge in [-0.1, -0.05) is 26.8 Å². The van der Waals surface area contributed by atoms with Crippen molar-refractivity contribution >= 4 is 7.82 Å². The van der Waals surface area contributed by atoms with E-state index in [1.54, 1.807) is 19.1 Å². The summed E-state index contributed by atoms with van der Waals surface area (Å²) in [5.74, 6) is 0.211. The van der Waals surface area contributed by atoms with Gasteiger partial charge < -0.3 is 14.9 Å². The quantitative estimate of drug-likeness (QED) is 0.737. The van der Waals surface area contributed by atoms with Crippen LogP contribution in [0.1, 0.15) is 37.5 Å². The van der Waals surface area contributed by atoms with Crippen LogP contribution in [-0.4, -0.2) is 14.9 Å². The Hall–Kier alpha value is -0.870. The molecule has 0 aliphatic heterocycles. The average molecular weight is 274 g/mol. The first-order chi connectivity index (χ1) is 8.00. The zero-order valence-corrected chi connectivity index (χ0v) is 11.9. The Labute approximate surface area is 107 Å². The van der Waals surface area contributed by atoms with Crippen molar-refractivity contribution in [3.63, 3.8) is 0 Å². The van der Waals surface area contributed by atoms with Crippen LogP contribution in [0.3, 0.4) is 0 Å². The second-order valence-corrected chi connectivity index (χ2v) is 6.56. The molecule has 0 aliphatic rings. The maximum atomic E-state index is 10.7. The zero-order chi connectivity index (χ0) is 14.1. The van der Waals surface area contributed by atoms with Gasteiger partial charge in [0.15, 0.2) is 0 Å². The number of phosphoric ester groups is 1. The lowest BCUT2D eigenvalue weighted by atomic mass is 9.84. The molecule has 18 heavy (non-hydrogen) atoms. The molecular formula is C12H19O5P. The Morgan fingerprint density at radius 3 is 2.28 bits per heavy atom. The smallest absolute Gasteiger partial charge is 0.469 e. The molecule has 1 rings (SSSR count). The van der Waals surface area contributed by atoms with Crippen molar-refractivity contribution in [1.82, 2.24) is 0 Å². The highest BCUT2D eigenvalue weighted by Gasteiger charge is 2.21. The van der Waals surface area contributed by atoms with E-state index in [2.05, 4.69) is 4.52 Å². The molecule has 1 aromatic carbocycles. The standard InChI is InChI=1S/C12H19O5P/c1-8-5-9(7-17-18(14,15)16)6-10(11(8)13)12(2,3)4/h5-6,13H,7H2,1-4H3,(H2,14,15,16). The Morgan fingerprint density at radius 2 is 1.83 bits per heavy atom. The number of hydrogen-bond donors (Lipinski definition) is 3. The summed E-state index contributed by atoms with van der Waals surface area (Å²) in [6.45, 7) is 7.42. The lowest BCUT2D eigenvalue weighted by Crippen LogP contribution is -2.12. The second kappa shape index (κ2) is 5.02. The fourth-order valence-corrected chi connectivity index (χ4v) is 1.99. The van der Waals surface area contributed by atoms with E-state index in [4.69, 9.17) is 9.79 Å². The lowest BCUT2D eigenvalue weighted by molar-refractivity contribution is 0.189. The molecule has 0 fully saturated rings. The maximum absolute atomic E-state index is 10.7. The van der Waals surface area contributed by atoms with E-state index in [-0.39, 0.29) is 17.8 Å². The minimum atomic E-state index is -4.48. The number of aromatic hydroxyl groups is 1. The van der Waals surface area contributed by atoms with Gasteiger partial charge >= 0.3 is 7.82 Å². The number of phenolic OH excluding ortho intramolecular Hbond substituents is 1. The van der Waals surface area contributed by atoms with Gasteiger partial charge in [-0.05, 0) is 35.1 Å². The van der Waals surface area contributed by atoms with Crippen molar-refractivity contribution in [2.24, 2.45) is 0 Å². The minimum Gasteiger partial charge on any atom is -0.507 e. The van der Waals surface area contributed by atoms with Crippen molar-refractivity contribution in [2.45, 2.75) is 39.7 Å². The van der Waals surface area contributed by atoms with Crippen LogP contribution in [0.15, 0.2) is 12.1 Å². The molecule has 0 saturated heterocycles. The summed E-state index contributed by atoms with van der Waals surface area (Å²) < 4.78 is 15.1. The summed E-state index contributed by atoms with van der Waals surface area (Å²) in [6.07, 6.45) is 0. The van der Waals surface area contributed by atoms with Gasteiger partial charge in [0.25, 0.3) is 0 Å². The first-order valence-corrected chi connectivity index (χ1v) is 7.07. The molecule has 0 bridgehead atoms. The highest BCUT2D eigenvalue weighted by Crippen LogP contribution is 2.39. The number of rotatable bonds is 3. The zero-order valence-electron chi connectivity index (χ0n) is 11.0. The number of phosphoric acid groups is 1. The van der Waals surface area contributed by atoms with Crippen LogP contribution in [0.5, 0.6) is 5.75 Å². The first kappa shape index (κ1) is 15.2. The molecule has 0 aromatic heterocycles. The molecule has 0 radical (unpaired) electrons. The Bertz CT molecular complexity index is 484. The summed E-state index contributed by atoms with van der Waals surface area (Å²) in [6, 6.07) is 3.36. The van der Waals surface area contributed by atoms with Gasteiger partial charge in [0.05, 0.1) is 6.61 Å². The molecule has 0 atom stereocenters. The molecule has 0 spiro atoms. The SMILES string of the molecule is Cc1cc(COP(=O)(O)O)cc(C(C)(C)C)c1O. The highest BCUT2D eigenvalue weighted by atomic mass is 31.2. The predicted molar refractivity (Wildman–Crippen MR) is 68.4 cm³/mol. The monoisotopic (exact) mass is 274 g/mol. The Balaban J connectivity index is 3.10. The summed E-state index contributed by atoms with van der Waals surface area (Å²) in [5.41, 5.74) is 1.75. The third kappa shape index (κ3) is 4.10. The number of hydrogen-bond acceptors (Lipinski definition) is 3. The largest absolute Gasteiger partial charge is 0.507 e. The topological polar surface area (TPSA) is 87.0 Å². The van der Waals surface area contributed by atoms with Gasteiger partial charge in [0, 0.05) is 0 Å². The van der Waals surface area contributed by atoms with Crippen molar-refractivity contribution in [3.8, 4) is 5.75 Å². The van der Waals surface area contributed by atoms with Gasteiger partial charge in [-0.2, -0.15) is 0 Å². The molecule has 1 aromatic rings. The third-order valence-electron chi connectivity index (χ3n) is 2.57. The molecule has 5 nitrogen and oxygen atoms in total. The average Bonchev–Trinajstić information content (AvgIpc) is 2.16. The fraction of sp³-hybridized carbons (Fsp3) is 0.500. The minimum absolute atomic E-state index is 0.186. The van der Waals surface area contributed by atoms with Crippen molar-refractivity contribution < 1.29 is 24.0 Å². The maximum Gasteiger partial charge on any atom is 0.469 e. The predicted octanol–water partition coefficient (Wildman–Crippen LogP) is 2.61. The lowest BCUT2D eigenvalue weighted by Gasteiger charge is -2.22. The van der Waals surface area contributed by atoms with E-state index in [1.165, 1.54) is 0 Å². The normalized spacial score (nSPS) is 12.8. The van der Waals surface area contributed by atoms with E-state index in [0.717, 1.165) is 5.56 Å².